The van der Waals surface area contributed by atoms with Gasteiger partial charge in [-0.2, -0.15) is 0 Å². The number of carbonyl (C=O) groups is 2. The van der Waals surface area contributed by atoms with Crippen LogP contribution in [0, 0.1) is 0 Å². The van der Waals surface area contributed by atoms with Crippen molar-refractivity contribution in [3.8, 4) is 11.5 Å². The van der Waals surface area contributed by atoms with Crippen LogP contribution in [0.1, 0.15) is 25.3 Å². The number of amides is 1. The Morgan fingerprint density at radius 3 is 3.00 bits per heavy atom. The van der Waals surface area contributed by atoms with Gasteiger partial charge in [0.25, 0.3) is 5.91 Å². The molecule has 132 valence electrons. The fourth-order valence-electron chi connectivity index (χ4n) is 2.46. The summed E-state index contributed by atoms with van der Waals surface area (Å²) in [5.74, 6) is 0.961. The molecule has 2 heterocycles. The van der Waals surface area contributed by atoms with E-state index in [9.17, 15) is 9.59 Å². The van der Waals surface area contributed by atoms with Crippen LogP contribution >= 0.6 is 24.0 Å². The number of rotatable bonds is 6. The molecule has 0 saturated carbocycles. The second-order valence-corrected chi connectivity index (χ2v) is 7.03. The molecule has 0 aromatic heterocycles. The Morgan fingerprint density at radius 2 is 2.20 bits per heavy atom. The molecule has 0 N–H and O–H groups in total. The first-order chi connectivity index (χ1) is 12.1. The second-order valence-electron chi connectivity index (χ2n) is 5.35. The maximum atomic E-state index is 12.5. The van der Waals surface area contributed by atoms with Crippen molar-refractivity contribution < 1.29 is 23.8 Å². The topological polar surface area (TPSA) is 65.1 Å². The van der Waals surface area contributed by atoms with Crippen LogP contribution in [0.25, 0.3) is 6.08 Å². The van der Waals surface area contributed by atoms with Gasteiger partial charge in [-0.3, -0.25) is 14.5 Å². The van der Waals surface area contributed by atoms with Crippen LogP contribution in [0.3, 0.4) is 0 Å². The minimum Gasteiger partial charge on any atom is -0.466 e. The molecule has 0 radical (unpaired) electrons. The summed E-state index contributed by atoms with van der Waals surface area (Å²) in [7, 11) is 0. The lowest BCUT2D eigenvalue weighted by atomic mass is 10.2. The number of benzene rings is 1. The minimum atomic E-state index is -0.260. The average Bonchev–Trinajstić information content (AvgIpc) is 3.14. The molecule has 0 atom stereocenters. The van der Waals surface area contributed by atoms with Crippen molar-refractivity contribution in [3.05, 3.63) is 28.7 Å². The lowest BCUT2D eigenvalue weighted by molar-refractivity contribution is -0.143. The predicted octanol–water partition coefficient (Wildman–Crippen LogP) is 2.96. The maximum absolute atomic E-state index is 12.5. The van der Waals surface area contributed by atoms with Crippen LogP contribution in [0.2, 0.25) is 0 Å². The first-order valence-corrected chi connectivity index (χ1v) is 9.11. The van der Waals surface area contributed by atoms with Crippen molar-refractivity contribution in [1.29, 1.82) is 0 Å². The third kappa shape index (κ3) is 4.13. The van der Waals surface area contributed by atoms with Crippen LogP contribution in [0.5, 0.6) is 11.5 Å². The van der Waals surface area contributed by atoms with Gasteiger partial charge in [0.2, 0.25) is 6.79 Å². The number of ether oxygens (including phenoxy) is 3. The third-order valence-electron chi connectivity index (χ3n) is 3.64. The SMILES string of the molecule is CCOC(=O)CCCN1C(=O)C(=Cc2ccc3c(c2)OCO3)SC1=S. The molecule has 0 spiro atoms. The normalized spacial score (nSPS) is 17.5. The Morgan fingerprint density at radius 1 is 1.40 bits per heavy atom. The number of fused-ring (bicyclic) bond motifs is 1. The molecule has 2 aliphatic heterocycles. The number of thioether (sulfide) groups is 1. The molecule has 1 fully saturated rings. The summed E-state index contributed by atoms with van der Waals surface area (Å²) >= 11 is 6.55. The number of hydrogen-bond acceptors (Lipinski definition) is 7. The van der Waals surface area contributed by atoms with E-state index in [0.717, 1.165) is 5.56 Å². The van der Waals surface area contributed by atoms with Gasteiger partial charge in [0, 0.05) is 13.0 Å². The molecule has 8 heteroatoms. The highest BCUT2D eigenvalue weighted by atomic mass is 32.2. The van der Waals surface area contributed by atoms with Gasteiger partial charge in [-0.25, -0.2) is 0 Å². The summed E-state index contributed by atoms with van der Waals surface area (Å²) < 4.78 is 16.0. The number of carbonyl (C=O) groups excluding carboxylic acids is 2. The van der Waals surface area contributed by atoms with Gasteiger partial charge < -0.3 is 14.2 Å². The molecule has 6 nitrogen and oxygen atoms in total. The van der Waals surface area contributed by atoms with E-state index >= 15 is 0 Å². The lowest BCUT2D eigenvalue weighted by Crippen LogP contribution is -2.29. The number of thiocarbonyl (C=S) groups is 1. The molecular weight excluding hydrogens is 362 g/mol. The van der Waals surface area contributed by atoms with Gasteiger partial charge in [0.05, 0.1) is 11.5 Å². The monoisotopic (exact) mass is 379 g/mol. The fourth-order valence-corrected chi connectivity index (χ4v) is 3.77. The number of hydrogen-bond donors (Lipinski definition) is 0. The smallest absolute Gasteiger partial charge is 0.305 e. The Balaban J connectivity index is 1.63. The lowest BCUT2D eigenvalue weighted by Gasteiger charge is -2.13. The zero-order valence-corrected chi connectivity index (χ0v) is 15.3. The minimum absolute atomic E-state index is 0.142. The van der Waals surface area contributed by atoms with Gasteiger partial charge in [-0.05, 0) is 37.1 Å². The Hall–Kier alpha value is -2.06. The Bertz CT molecular complexity index is 747. The van der Waals surface area contributed by atoms with E-state index < -0.39 is 0 Å². The van der Waals surface area contributed by atoms with Gasteiger partial charge >= 0.3 is 5.97 Å². The molecule has 1 aromatic carbocycles. The molecule has 1 aromatic rings. The van der Waals surface area contributed by atoms with Crippen molar-refractivity contribution in [2.24, 2.45) is 0 Å². The molecule has 25 heavy (non-hydrogen) atoms. The fraction of sp³-hybridized carbons (Fsp3) is 0.353. The van der Waals surface area contributed by atoms with E-state index in [-0.39, 0.29) is 25.1 Å². The molecule has 1 amide bonds. The largest absolute Gasteiger partial charge is 0.466 e. The van der Waals surface area contributed by atoms with Crippen LogP contribution in [-0.4, -0.2) is 41.0 Å². The molecule has 3 rings (SSSR count). The van der Waals surface area contributed by atoms with E-state index in [4.69, 9.17) is 26.4 Å². The maximum Gasteiger partial charge on any atom is 0.305 e. The first kappa shape index (κ1) is 17.8. The number of esters is 1. The van der Waals surface area contributed by atoms with Crippen molar-refractivity contribution in [2.45, 2.75) is 19.8 Å². The van der Waals surface area contributed by atoms with Crippen molar-refractivity contribution in [3.63, 3.8) is 0 Å². The summed E-state index contributed by atoms with van der Waals surface area (Å²) in [6.45, 7) is 2.74. The Labute approximate surface area is 155 Å². The van der Waals surface area contributed by atoms with Crippen molar-refractivity contribution in [2.75, 3.05) is 19.9 Å². The molecule has 0 bridgehead atoms. The Kier molecular flexibility index (Phi) is 5.60. The summed E-state index contributed by atoms with van der Waals surface area (Å²) in [6.07, 6.45) is 2.57. The molecular formula is C17H17NO5S2. The van der Waals surface area contributed by atoms with E-state index in [0.29, 0.717) is 40.3 Å². The van der Waals surface area contributed by atoms with Gasteiger partial charge in [-0.15, -0.1) is 0 Å². The summed E-state index contributed by atoms with van der Waals surface area (Å²) in [4.78, 5) is 26.0. The highest BCUT2D eigenvalue weighted by Gasteiger charge is 2.31. The zero-order chi connectivity index (χ0) is 17.8. The summed E-state index contributed by atoms with van der Waals surface area (Å²) in [6, 6.07) is 5.50. The average molecular weight is 379 g/mol. The van der Waals surface area contributed by atoms with Crippen LogP contribution in [-0.2, 0) is 14.3 Å². The van der Waals surface area contributed by atoms with Gasteiger partial charge in [0.1, 0.15) is 4.32 Å². The summed E-state index contributed by atoms with van der Waals surface area (Å²) in [5, 5.41) is 0. The third-order valence-corrected chi connectivity index (χ3v) is 5.01. The predicted molar refractivity (Wildman–Crippen MR) is 98.3 cm³/mol. The standard InChI is InChI=1S/C17H17NO5S2/c1-2-21-15(19)4-3-7-18-16(20)14(25-17(18)24)9-11-5-6-12-13(8-11)23-10-22-12/h5-6,8-9H,2-4,7,10H2,1H3. The summed E-state index contributed by atoms with van der Waals surface area (Å²) in [5.41, 5.74) is 0.844. The van der Waals surface area contributed by atoms with Gasteiger partial charge in [-0.1, -0.05) is 30.0 Å². The molecule has 1 saturated heterocycles. The highest BCUT2D eigenvalue weighted by molar-refractivity contribution is 8.26. The molecule has 0 aliphatic carbocycles. The molecule has 2 aliphatic rings. The highest BCUT2D eigenvalue weighted by Crippen LogP contribution is 2.36. The first-order valence-electron chi connectivity index (χ1n) is 7.89. The number of nitrogens with zero attached hydrogens (tertiary/aromatic N) is 1. The van der Waals surface area contributed by atoms with Crippen LogP contribution in [0.15, 0.2) is 23.1 Å². The van der Waals surface area contributed by atoms with E-state index in [1.54, 1.807) is 13.0 Å². The quantitative estimate of drug-likeness (QED) is 0.428. The van der Waals surface area contributed by atoms with Gasteiger partial charge in [0.15, 0.2) is 11.5 Å². The van der Waals surface area contributed by atoms with Crippen molar-refractivity contribution in [1.82, 2.24) is 4.90 Å². The zero-order valence-electron chi connectivity index (χ0n) is 13.6. The van der Waals surface area contributed by atoms with Crippen LogP contribution < -0.4 is 9.47 Å². The van der Waals surface area contributed by atoms with E-state index in [1.807, 2.05) is 18.2 Å². The van der Waals surface area contributed by atoms with E-state index in [2.05, 4.69) is 0 Å². The second kappa shape index (κ2) is 7.88. The van der Waals surface area contributed by atoms with Crippen LogP contribution in [0.4, 0.5) is 0 Å². The van der Waals surface area contributed by atoms with E-state index in [1.165, 1.54) is 16.7 Å². The molecule has 0 unspecified atom stereocenters. The van der Waals surface area contributed by atoms with Crippen molar-refractivity contribution >= 4 is 46.3 Å².